The first-order valence-corrected chi connectivity index (χ1v) is 10.8. The third-order valence-electron chi connectivity index (χ3n) is 5.65. The number of hydrogen-bond donors (Lipinski definition) is 2. The highest BCUT2D eigenvalue weighted by Gasteiger charge is 2.49. The Balaban J connectivity index is 1.46. The number of hydrogen-bond acceptors (Lipinski definition) is 8. The van der Waals surface area contributed by atoms with Crippen LogP contribution in [0.4, 0.5) is 27.5 Å². The second kappa shape index (κ2) is 8.74. The molecule has 2 aromatic rings. The van der Waals surface area contributed by atoms with Crippen molar-refractivity contribution in [3.05, 3.63) is 40.9 Å². The maximum absolute atomic E-state index is 14.8. The van der Waals surface area contributed by atoms with Crippen molar-refractivity contribution < 1.29 is 31.9 Å². The van der Waals surface area contributed by atoms with Crippen LogP contribution in [0.1, 0.15) is 17.5 Å². The van der Waals surface area contributed by atoms with Crippen LogP contribution in [0.15, 0.2) is 30.3 Å². The second-order valence-electron chi connectivity index (χ2n) is 7.75. The summed E-state index contributed by atoms with van der Waals surface area (Å²) in [5.74, 6) is -0.508. The monoisotopic (exact) mass is 488 g/mol. The number of benzene rings is 1. The average molecular weight is 488 g/mol. The van der Waals surface area contributed by atoms with Crippen molar-refractivity contribution in [3.8, 4) is 0 Å². The lowest BCUT2D eigenvalue weighted by Crippen LogP contribution is -2.61. The van der Waals surface area contributed by atoms with Crippen LogP contribution in [0.5, 0.6) is 0 Å². The van der Waals surface area contributed by atoms with Gasteiger partial charge in [0.2, 0.25) is 16.0 Å². The summed E-state index contributed by atoms with van der Waals surface area (Å²) in [6.45, 7) is 1.55. The van der Waals surface area contributed by atoms with E-state index in [-0.39, 0.29) is 42.6 Å². The summed E-state index contributed by atoms with van der Waals surface area (Å²) >= 11 is 0.261. The van der Waals surface area contributed by atoms with E-state index in [4.69, 9.17) is 4.74 Å². The van der Waals surface area contributed by atoms with Gasteiger partial charge in [-0.25, -0.2) is 14.2 Å². The van der Waals surface area contributed by atoms with Crippen LogP contribution in [0.25, 0.3) is 0 Å². The Kier molecular flexibility index (Phi) is 6.14. The number of rotatable bonds is 5. The van der Waals surface area contributed by atoms with Gasteiger partial charge >= 0.3 is 12.3 Å². The summed E-state index contributed by atoms with van der Waals surface area (Å²) in [5, 5.41) is 9.09. The highest BCUT2D eigenvalue weighted by atomic mass is 32.1. The molecule has 0 spiro atoms. The Morgan fingerprint density at radius 1 is 1.24 bits per heavy atom. The number of nitrogens with one attached hydrogen (secondary N) is 2. The van der Waals surface area contributed by atoms with Gasteiger partial charge < -0.3 is 15.0 Å². The normalized spacial score (nSPS) is 23.5. The minimum atomic E-state index is -4.65. The molecule has 3 heterocycles. The number of nitrogens with zero attached hydrogens (tertiary/aromatic N) is 4. The first-order chi connectivity index (χ1) is 15.6. The van der Waals surface area contributed by atoms with Crippen LogP contribution < -0.4 is 15.6 Å². The third-order valence-corrected chi connectivity index (χ3v) is 6.66. The maximum atomic E-state index is 14.8. The molecule has 0 radical (unpaired) electrons. The molecule has 2 amide bonds. The Morgan fingerprint density at radius 3 is 2.55 bits per heavy atom. The molecule has 1 aromatic heterocycles. The molecule has 2 saturated heterocycles. The van der Waals surface area contributed by atoms with Crippen molar-refractivity contribution in [1.82, 2.24) is 25.9 Å². The van der Waals surface area contributed by atoms with Gasteiger partial charge in [-0.05, 0) is 12.5 Å². The highest BCUT2D eigenvalue weighted by Crippen LogP contribution is 2.36. The van der Waals surface area contributed by atoms with E-state index in [2.05, 4.69) is 20.9 Å². The van der Waals surface area contributed by atoms with Gasteiger partial charge in [-0.2, -0.15) is 13.2 Å². The number of aromatic nitrogens is 2. The molecule has 2 fully saturated rings. The van der Waals surface area contributed by atoms with E-state index >= 15 is 0 Å². The molecule has 33 heavy (non-hydrogen) atoms. The van der Waals surface area contributed by atoms with Gasteiger partial charge in [0.1, 0.15) is 11.5 Å². The van der Waals surface area contributed by atoms with E-state index < -0.39 is 41.0 Å². The summed E-state index contributed by atoms with van der Waals surface area (Å²) in [7, 11) is 0. The fourth-order valence-electron chi connectivity index (χ4n) is 3.72. The van der Waals surface area contributed by atoms with Crippen LogP contribution in [-0.2, 0) is 21.1 Å². The number of hydrazine groups is 1. The van der Waals surface area contributed by atoms with Gasteiger partial charge in [-0.15, -0.1) is 10.2 Å². The van der Waals surface area contributed by atoms with Crippen LogP contribution in [0.2, 0.25) is 0 Å². The van der Waals surface area contributed by atoms with Crippen molar-refractivity contribution >= 4 is 28.5 Å². The van der Waals surface area contributed by atoms with Crippen LogP contribution in [-0.4, -0.2) is 65.8 Å². The second-order valence-corrected chi connectivity index (χ2v) is 8.70. The highest BCUT2D eigenvalue weighted by molar-refractivity contribution is 7.15. The fraction of sp³-hybridized carbons (Fsp3) is 0.474. The first kappa shape index (κ1) is 23.2. The van der Waals surface area contributed by atoms with Gasteiger partial charge in [-0.3, -0.25) is 10.2 Å². The number of piperazine rings is 1. The quantitative estimate of drug-likeness (QED) is 0.491. The molecule has 2 aliphatic heterocycles. The number of carbonyl (C=O) groups is 2. The predicted molar refractivity (Wildman–Crippen MR) is 109 cm³/mol. The lowest BCUT2D eigenvalue weighted by atomic mass is 9.76. The smallest absolute Gasteiger partial charge is 0.443 e. The summed E-state index contributed by atoms with van der Waals surface area (Å²) in [5.41, 5.74) is 2.01. The molecular formula is C19H20F4N6O3S. The zero-order valence-electron chi connectivity index (χ0n) is 17.3. The minimum absolute atomic E-state index is 0.0179. The first-order valence-electron chi connectivity index (χ1n) is 9.96. The van der Waals surface area contributed by atoms with Crippen molar-refractivity contribution in [2.45, 2.75) is 30.9 Å². The Morgan fingerprint density at radius 2 is 1.97 bits per heavy atom. The van der Waals surface area contributed by atoms with Crippen molar-refractivity contribution in [3.63, 3.8) is 0 Å². The summed E-state index contributed by atoms with van der Waals surface area (Å²) in [4.78, 5) is 26.0. The SMILES string of the molecule is CC(C(=O)NN1CCN(c2nnc(C(F)(F)F)s2)C(F)C1)(c1ccccc1)C1CNC(=O)O1. The van der Waals surface area contributed by atoms with Crippen LogP contribution >= 0.6 is 11.3 Å². The Hall–Kier alpha value is -3.00. The minimum Gasteiger partial charge on any atom is -0.443 e. The van der Waals surface area contributed by atoms with E-state index in [1.165, 1.54) is 5.01 Å². The Labute approximate surface area is 189 Å². The Bertz CT molecular complexity index is 1020. The number of carbonyl (C=O) groups excluding carboxylic acids is 2. The number of halogens is 4. The van der Waals surface area contributed by atoms with E-state index in [1.807, 2.05) is 0 Å². The molecule has 178 valence electrons. The van der Waals surface area contributed by atoms with Gasteiger partial charge in [0.15, 0.2) is 6.30 Å². The molecule has 1 aromatic carbocycles. The molecule has 0 aliphatic carbocycles. The molecule has 0 bridgehead atoms. The lowest BCUT2D eigenvalue weighted by molar-refractivity contribution is -0.138. The van der Waals surface area contributed by atoms with E-state index in [0.717, 1.165) is 4.90 Å². The van der Waals surface area contributed by atoms with E-state index in [9.17, 15) is 27.2 Å². The number of cyclic esters (lactones) is 1. The van der Waals surface area contributed by atoms with Gasteiger partial charge in [0.05, 0.1) is 13.1 Å². The molecular weight excluding hydrogens is 468 g/mol. The topological polar surface area (TPSA) is 99.7 Å². The molecule has 0 saturated carbocycles. The molecule has 3 unspecified atom stereocenters. The summed E-state index contributed by atoms with van der Waals surface area (Å²) in [6.07, 6.45) is -7.81. The standard InChI is InChI=1S/C19H20F4N6O3S/c1-18(11-5-3-2-4-6-11,12-9-24-17(31)32-12)14(30)27-28-7-8-29(13(20)10-28)16-26-25-15(33-16)19(21,22)23/h2-6,12-13H,7-10H2,1H3,(H,24,31)(H,27,30). The number of alkyl halides is 4. The van der Waals surface area contributed by atoms with Gasteiger partial charge in [0, 0.05) is 13.1 Å². The average Bonchev–Trinajstić information content (AvgIpc) is 3.43. The maximum Gasteiger partial charge on any atom is 0.445 e. The van der Waals surface area contributed by atoms with Crippen molar-refractivity contribution in [2.75, 3.05) is 31.1 Å². The molecule has 2 N–H and O–H groups in total. The zero-order valence-corrected chi connectivity index (χ0v) is 18.1. The molecule has 4 rings (SSSR count). The zero-order chi connectivity index (χ0) is 23.8. The number of amides is 2. The lowest BCUT2D eigenvalue weighted by Gasteiger charge is -2.39. The van der Waals surface area contributed by atoms with Gasteiger partial charge in [0.25, 0.3) is 0 Å². The molecule has 2 aliphatic rings. The van der Waals surface area contributed by atoms with Crippen LogP contribution in [0, 0.1) is 0 Å². The summed E-state index contributed by atoms with van der Waals surface area (Å²) < 4.78 is 58.5. The number of anilines is 1. The molecule has 14 heteroatoms. The van der Waals surface area contributed by atoms with Crippen LogP contribution in [0.3, 0.4) is 0 Å². The van der Waals surface area contributed by atoms with E-state index in [0.29, 0.717) is 5.56 Å². The molecule has 3 atom stereocenters. The van der Waals surface area contributed by atoms with Crippen molar-refractivity contribution in [1.29, 1.82) is 0 Å². The third kappa shape index (κ3) is 4.57. The largest absolute Gasteiger partial charge is 0.445 e. The molecule has 9 nitrogen and oxygen atoms in total. The number of ether oxygens (including phenoxy) is 1. The predicted octanol–water partition coefficient (Wildman–Crippen LogP) is 2.07. The van der Waals surface area contributed by atoms with Crippen molar-refractivity contribution in [2.24, 2.45) is 0 Å². The fourth-order valence-corrected chi connectivity index (χ4v) is 4.50. The van der Waals surface area contributed by atoms with E-state index in [1.54, 1.807) is 37.3 Å². The number of alkyl carbamates (subject to hydrolysis) is 1. The van der Waals surface area contributed by atoms with Gasteiger partial charge in [-0.1, -0.05) is 41.7 Å². The summed E-state index contributed by atoms with van der Waals surface area (Å²) in [6, 6.07) is 8.74.